The fraction of sp³-hybridized carbons (Fsp3) is 0.417. The zero-order valence-electron chi connectivity index (χ0n) is 20.2. The van der Waals surface area contributed by atoms with Crippen molar-refractivity contribution in [1.82, 2.24) is 10.2 Å². The van der Waals surface area contributed by atoms with E-state index in [0.717, 1.165) is 24.0 Å². The van der Waals surface area contributed by atoms with Gasteiger partial charge >= 0.3 is 6.18 Å². The number of anilines is 1. The van der Waals surface area contributed by atoms with Crippen molar-refractivity contribution in [1.29, 1.82) is 0 Å². The van der Waals surface area contributed by atoms with Crippen molar-refractivity contribution in [2.45, 2.75) is 38.9 Å². The molecule has 0 unspecified atom stereocenters. The minimum Gasteiger partial charge on any atom is -0.355 e. The van der Waals surface area contributed by atoms with Gasteiger partial charge in [-0.05, 0) is 43.5 Å². The molecule has 0 radical (unpaired) electrons. The van der Waals surface area contributed by atoms with Gasteiger partial charge < -0.3 is 10.2 Å². The Balaban J connectivity index is 2.44. The second kappa shape index (κ2) is 12.4. The molecule has 2 aromatic carbocycles. The summed E-state index contributed by atoms with van der Waals surface area (Å²) in [7, 11) is -4.18. The van der Waals surface area contributed by atoms with E-state index in [4.69, 9.17) is 11.6 Å². The minimum atomic E-state index is -4.83. The van der Waals surface area contributed by atoms with Crippen molar-refractivity contribution in [3.05, 3.63) is 64.7 Å². The Hall–Kier alpha value is -2.79. The molecule has 7 nitrogen and oxygen atoms in total. The fourth-order valence-corrected chi connectivity index (χ4v) is 4.75. The molecule has 0 saturated heterocycles. The van der Waals surface area contributed by atoms with E-state index in [1.165, 1.54) is 4.90 Å². The molecule has 0 aliphatic rings. The van der Waals surface area contributed by atoms with Gasteiger partial charge in [-0.3, -0.25) is 13.9 Å². The van der Waals surface area contributed by atoms with Crippen LogP contribution in [0.1, 0.15) is 31.4 Å². The number of hydrogen-bond donors (Lipinski definition) is 1. The molecule has 198 valence electrons. The molecular formula is C24H29ClF3N3O4S. The predicted molar refractivity (Wildman–Crippen MR) is 133 cm³/mol. The second-order valence-electron chi connectivity index (χ2n) is 8.07. The van der Waals surface area contributed by atoms with Crippen molar-refractivity contribution >= 4 is 39.1 Å². The molecule has 0 bridgehead atoms. The van der Waals surface area contributed by atoms with Gasteiger partial charge in [-0.25, -0.2) is 8.42 Å². The molecule has 1 atom stereocenters. The Labute approximate surface area is 214 Å². The lowest BCUT2D eigenvalue weighted by atomic mass is 10.1. The average molecular weight is 548 g/mol. The zero-order chi connectivity index (χ0) is 27.1. The van der Waals surface area contributed by atoms with Crippen LogP contribution in [-0.2, 0) is 32.2 Å². The van der Waals surface area contributed by atoms with Gasteiger partial charge in [-0.2, -0.15) is 13.2 Å². The van der Waals surface area contributed by atoms with Gasteiger partial charge in [0.25, 0.3) is 0 Å². The smallest absolute Gasteiger partial charge is 0.355 e. The Kier molecular flexibility index (Phi) is 10.2. The van der Waals surface area contributed by atoms with Crippen LogP contribution in [0.5, 0.6) is 0 Å². The number of sulfonamides is 1. The molecule has 0 aliphatic heterocycles. The van der Waals surface area contributed by atoms with Gasteiger partial charge in [0.2, 0.25) is 21.8 Å². The molecule has 2 aromatic rings. The number of halogens is 4. The number of hydrogen-bond acceptors (Lipinski definition) is 4. The SMILES string of the molecule is CCNC(=O)[C@H](CC)N(CCc1ccccc1)C(=O)CN(c1ccc(Cl)c(C(F)(F)F)c1)S(C)(=O)=O. The van der Waals surface area contributed by atoms with Crippen LogP contribution in [0.25, 0.3) is 0 Å². The standard InChI is InChI=1S/C24H29ClF3N3O4S/c1-4-21(23(33)29-5-2)30(14-13-17-9-7-6-8-10-17)22(32)16-31(36(3,34)35)18-11-12-20(25)19(15-18)24(26,27)28/h6-12,15,21H,4-5,13-14,16H2,1-3H3,(H,29,33)/t21-/m0/s1. The number of rotatable bonds is 11. The molecule has 0 aliphatic carbocycles. The first-order valence-corrected chi connectivity index (χ1v) is 13.5. The van der Waals surface area contributed by atoms with Crippen LogP contribution in [0, 0.1) is 0 Å². The van der Waals surface area contributed by atoms with E-state index in [9.17, 15) is 31.2 Å². The summed E-state index contributed by atoms with van der Waals surface area (Å²) in [5.74, 6) is -1.13. The van der Waals surface area contributed by atoms with Gasteiger partial charge in [0.15, 0.2) is 0 Å². The first kappa shape index (κ1) is 29.4. The molecule has 36 heavy (non-hydrogen) atoms. The van der Waals surface area contributed by atoms with Crippen molar-refractivity contribution in [2.75, 3.05) is 30.2 Å². The molecule has 2 rings (SSSR count). The maximum atomic E-state index is 13.4. The fourth-order valence-electron chi connectivity index (χ4n) is 3.69. The van der Waals surface area contributed by atoms with E-state index in [1.54, 1.807) is 13.8 Å². The van der Waals surface area contributed by atoms with E-state index in [2.05, 4.69) is 5.32 Å². The van der Waals surface area contributed by atoms with Gasteiger partial charge in [0.1, 0.15) is 12.6 Å². The number of carbonyl (C=O) groups excluding carboxylic acids is 2. The summed E-state index contributed by atoms with van der Waals surface area (Å²) >= 11 is 5.67. The summed E-state index contributed by atoms with van der Waals surface area (Å²) in [4.78, 5) is 27.4. The van der Waals surface area contributed by atoms with E-state index in [1.807, 2.05) is 30.3 Å². The van der Waals surface area contributed by atoms with Crippen LogP contribution >= 0.6 is 11.6 Å². The Morgan fingerprint density at radius 2 is 1.72 bits per heavy atom. The highest BCUT2D eigenvalue weighted by atomic mass is 35.5. The van der Waals surface area contributed by atoms with E-state index >= 15 is 0 Å². The molecule has 0 saturated carbocycles. The van der Waals surface area contributed by atoms with E-state index in [0.29, 0.717) is 23.3 Å². The number of benzene rings is 2. The van der Waals surface area contributed by atoms with Crippen LogP contribution in [0.15, 0.2) is 48.5 Å². The van der Waals surface area contributed by atoms with Crippen LogP contribution in [0.3, 0.4) is 0 Å². The predicted octanol–water partition coefficient (Wildman–Crippen LogP) is 4.11. The highest BCUT2D eigenvalue weighted by Gasteiger charge is 2.36. The summed E-state index contributed by atoms with van der Waals surface area (Å²) in [6.07, 6.45) is -3.39. The van der Waals surface area contributed by atoms with Gasteiger partial charge in [-0.15, -0.1) is 0 Å². The highest BCUT2D eigenvalue weighted by Crippen LogP contribution is 2.37. The van der Waals surface area contributed by atoms with Crippen LogP contribution in [0.2, 0.25) is 5.02 Å². The second-order valence-corrected chi connectivity index (χ2v) is 10.4. The van der Waals surface area contributed by atoms with Crippen LogP contribution in [-0.4, -0.2) is 57.1 Å². The maximum Gasteiger partial charge on any atom is 0.417 e. The van der Waals surface area contributed by atoms with Crippen molar-refractivity contribution < 1.29 is 31.2 Å². The lowest BCUT2D eigenvalue weighted by Crippen LogP contribution is -2.53. The van der Waals surface area contributed by atoms with Crippen molar-refractivity contribution in [2.24, 2.45) is 0 Å². The number of carbonyl (C=O) groups is 2. The Morgan fingerprint density at radius 1 is 1.08 bits per heavy atom. The van der Waals surface area contributed by atoms with E-state index in [-0.39, 0.29) is 18.7 Å². The van der Waals surface area contributed by atoms with Crippen molar-refractivity contribution in [3.63, 3.8) is 0 Å². The van der Waals surface area contributed by atoms with Crippen LogP contribution < -0.4 is 9.62 Å². The Bertz CT molecular complexity index is 1160. The lowest BCUT2D eigenvalue weighted by Gasteiger charge is -2.33. The summed E-state index contributed by atoms with van der Waals surface area (Å²) in [5.41, 5.74) is -0.692. The molecule has 12 heteroatoms. The molecule has 0 aromatic heterocycles. The quantitative estimate of drug-likeness (QED) is 0.459. The topological polar surface area (TPSA) is 86.8 Å². The lowest BCUT2D eigenvalue weighted by molar-refractivity contribution is -0.139. The zero-order valence-corrected chi connectivity index (χ0v) is 21.8. The molecule has 2 amide bonds. The summed E-state index contributed by atoms with van der Waals surface area (Å²) in [5, 5.41) is 2.07. The first-order valence-electron chi connectivity index (χ1n) is 11.2. The largest absolute Gasteiger partial charge is 0.417 e. The number of alkyl halides is 3. The van der Waals surface area contributed by atoms with Gasteiger partial charge in [0.05, 0.1) is 22.5 Å². The molecular weight excluding hydrogens is 519 g/mol. The minimum absolute atomic E-state index is 0.102. The van der Waals surface area contributed by atoms with Gasteiger partial charge in [0, 0.05) is 13.1 Å². The highest BCUT2D eigenvalue weighted by molar-refractivity contribution is 7.92. The van der Waals surface area contributed by atoms with E-state index < -0.39 is 51.2 Å². The molecule has 0 heterocycles. The third-order valence-corrected chi connectivity index (χ3v) is 6.91. The molecule has 0 spiro atoms. The summed E-state index contributed by atoms with van der Waals surface area (Å²) < 4.78 is 65.8. The number of nitrogens with one attached hydrogen (secondary N) is 1. The summed E-state index contributed by atoms with van der Waals surface area (Å²) in [6, 6.07) is 10.9. The normalized spacial score (nSPS) is 12.6. The first-order chi connectivity index (χ1) is 16.8. The molecule has 0 fully saturated rings. The Morgan fingerprint density at radius 3 is 2.25 bits per heavy atom. The van der Waals surface area contributed by atoms with Gasteiger partial charge in [-0.1, -0.05) is 48.9 Å². The summed E-state index contributed by atoms with van der Waals surface area (Å²) in [6.45, 7) is 3.08. The third-order valence-electron chi connectivity index (χ3n) is 5.44. The number of nitrogens with zero attached hydrogens (tertiary/aromatic N) is 2. The third kappa shape index (κ3) is 7.86. The maximum absolute atomic E-state index is 13.4. The van der Waals surface area contributed by atoms with Crippen molar-refractivity contribution in [3.8, 4) is 0 Å². The number of amides is 2. The average Bonchev–Trinajstić information content (AvgIpc) is 2.79. The van der Waals surface area contributed by atoms with Crippen LogP contribution in [0.4, 0.5) is 18.9 Å². The number of likely N-dealkylation sites (N-methyl/N-ethyl adjacent to an activating group) is 1. The monoisotopic (exact) mass is 547 g/mol. The molecule has 1 N–H and O–H groups in total.